The van der Waals surface area contributed by atoms with Crippen molar-refractivity contribution in [1.29, 1.82) is 0 Å². The van der Waals surface area contributed by atoms with E-state index in [1.54, 1.807) is 18.6 Å². The summed E-state index contributed by atoms with van der Waals surface area (Å²) in [6.45, 7) is 4.95. The number of likely N-dealkylation sites (tertiary alicyclic amines) is 1. The molecule has 0 aliphatic carbocycles. The summed E-state index contributed by atoms with van der Waals surface area (Å²) in [5.41, 5.74) is 2.11. The second-order valence-corrected chi connectivity index (χ2v) is 7.11. The molecule has 0 unspecified atom stereocenters. The molecule has 140 valence electrons. The number of aromatic nitrogens is 5. The molecule has 7 heteroatoms. The molecule has 1 saturated heterocycles. The van der Waals surface area contributed by atoms with Crippen LogP contribution in [0, 0.1) is 6.92 Å². The molecular weight excluding hydrogens is 338 g/mol. The van der Waals surface area contributed by atoms with Crippen molar-refractivity contribution < 1.29 is 0 Å². The fourth-order valence-corrected chi connectivity index (χ4v) is 3.64. The molecule has 3 aromatic heterocycles. The summed E-state index contributed by atoms with van der Waals surface area (Å²) < 4.78 is 2.09. The molecule has 0 bridgehead atoms. The zero-order chi connectivity index (χ0) is 18.6. The molecule has 27 heavy (non-hydrogen) atoms. The van der Waals surface area contributed by atoms with Crippen LogP contribution in [0.4, 0.5) is 11.6 Å². The van der Waals surface area contributed by atoms with Crippen molar-refractivity contribution in [3.05, 3.63) is 60.2 Å². The number of hydrogen-bond acceptors (Lipinski definition) is 6. The molecule has 1 fully saturated rings. The number of hydrogen-bond donors (Lipinski definition) is 1. The van der Waals surface area contributed by atoms with E-state index in [1.165, 1.54) is 0 Å². The second-order valence-electron chi connectivity index (χ2n) is 7.11. The lowest BCUT2D eigenvalue weighted by Crippen LogP contribution is -2.35. The molecule has 0 aromatic carbocycles. The van der Waals surface area contributed by atoms with Gasteiger partial charge in [-0.05, 0) is 37.9 Å². The normalized spacial score (nSPS) is 17.8. The standard InChI is InChI=1S/C20H25N7/c1-15-5-3-7-23-19(15)25-20-18(22-8-9-24-20)16-6-4-11-27(13-16)14-17-21-10-12-26(17)2/h3,5,7-10,12,16H,4,6,11,13-14H2,1-2H3,(H,23,24,25)/t16-/m1/s1. The number of rotatable bonds is 5. The topological polar surface area (TPSA) is 71.8 Å². The van der Waals surface area contributed by atoms with Gasteiger partial charge >= 0.3 is 0 Å². The predicted octanol–water partition coefficient (Wildman–Crippen LogP) is 3.04. The first kappa shape index (κ1) is 17.6. The van der Waals surface area contributed by atoms with Gasteiger partial charge in [-0.1, -0.05) is 6.07 Å². The van der Waals surface area contributed by atoms with Crippen LogP contribution in [0.3, 0.4) is 0 Å². The van der Waals surface area contributed by atoms with E-state index in [2.05, 4.69) is 34.7 Å². The summed E-state index contributed by atoms with van der Waals surface area (Å²) in [7, 11) is 2.05. The van der Waals surface area contributed by atoms with E-state index in [1.807, 2.05) is 38.5 Å². The Labute approximate surface area is 159 Å². The van der Waals surface area contributed by atoms with E-state index in [9.17, 15) is 0 Å². The van der Waals surface area contributed by atoms with Crippen LogP contribution < -0.4 is 5.32 Å². The summed E-state index contributed by atoms with van der Waals surface area (Å²) in [6.07, 6.45) is 11.4. The summed E-state index contributed by atoms with van der Waals surface area (Å²) >= 11 is 0. The van der Waals surface area contributed by atoms with E-state index in [0.717, 1.165) is 61.2 Å². The Morgan fingerprint density at radius 2 is 1.93 bits per heavy atom. The van der Waals surface area contributed by atoms with Gasteiger partial charge in [0.15, 0.2) is 5.82 Å². The zero-order valence-corrected chi connectivity index (χ0v) is 15.8. The van der Waals surface area contributed by atoms with Gasteiger partial charge in [0, 0.05) is 50.5 Å². The molecule has 0 amide bonds. The van der Waals surface area contributed by atoms with Crippen LogP contribution in [0.5, 0.6) is 0 Å². The fourth-order valence-electron chi connectivity index (χ4n) is 3.64. The third-order valence-electron chi connectivity index (χ3n) is 5.15. The predicted molar refractivity (Wildman–Crippen MR) is 105 cm³/mol. The maximum absolute atomic E-state index is 4.68. The lowest BCUT2D eigenvalue weighted by molar-refractivity contribution is 0.193. The summed E-state index contributed by atoms with van der Waals surface area (Å²) in [4.78, 5) is 20.6. The molecule has 1 atom stereocenters. The molecule has 7 nitrogen and oxygen atoms in total. The van der Waals surface area contributed by atoms with Crippen LogP contribution in [0.15, 0.2) is 43.1 Å². The smallest absolute Gasteiger partial charge is 0.153 e. The largest absolute Gasteiger partial charge is 0.337 e. The van der Waals surface area contributed by atoms with Gasteiger partial charge in [0.1, 0.15) is 11.6 Å². The van der Waals surface area contributed by atoms with Crippen LogP contribution in [0.1, 0.15) is 35.8 Å². The molecule has 4 rings (SSSR count). The van der Waals surface area contributed by atoms with Gasteiger partial charge in [0.2, 0.25) is 0 Å². The van der Waals surface area contributed by atoms with Crippen molar-refractivity contribution in [3.8, 4) is 0 Å². The highest BCUT2D eigenvalue weighted by atomic mass is 15.2. The van der Waals surface area contributed by atoms with Crippen molar-refractivity contribution in [1.82, 2.24) is 29.4 Å². The van der Waals surface area contributed by atoms with Crippen molar-refractivity contribution in [2.75, 3.05) is 18.4 Å². The first-order chi connectivity index (χ1) is 13.2. The first-order valence-corrected chi connectivity index (χ1v) is 9.39. The lowest BCUT2D eigenvalue weighted by atomic mass is 9.94. The van der Waals surface area contributed by atoms with Crippen molar-refractivity contribution >= 4 is 11.6 Å². The summed E-state index contributed by atoms with van der Waals surface area (Å²) in [6, 6.07) is 3.98. The average molecular weight is 363 g/mol. The minimum absolute atomic E-state index is 0.347. The van der Waals surface area contributed by atoms with Crippen molar-refractivity contribution in [2.24, 2.45) is 7.05 Å². The van der Waals surface area contributed by atoms with E-state index in [4.69, 9.17) is 0 Å². The Bertz CT molecular complexity index is 905. The summed E-state index contributed by atoms with van der Waals surface area (Å²) in [5, 5.41) is 3.39. The number of aryl methyl sites for hydroxylation is 2. The molecule has 1 N–H and O–H groups in total. The van der Waals surface area contributed by atoms with Crippen molar-refractivity contribution in [3.63, 3.8) is 0 Å². The van der Waals surface area contributed by atoms with Gasteiger partial charge in [0.25, 0.3) is 0 Å². The minimum atomic E-state index is 0.347. The fraction of sp³-hybridized carbons (Fsp3) is 0.400. The van der Waals surface area contributed by atoms with E-state index in [0.29, 0.717) is 5.92 Å². The Kier molecular flexibility index (Phi) is 5.11. The van der Waals surface area contributed by atoms with E-state index >= 15 is 0 Å². The Morgan fingerprint density at radius 3 is 2.74 bits per heavy atom. The number of piperidine rings is 1. The number of imidazole rings is 1. The van der Waals surface area contributed by atoms with E-state index < -0.39 is 0 Å². The van der Waals surface area contributed by atoms with Crippen LogP contribution >= 0.6 is 0 Å². The SMILES string of the molecule is Cc1cccnc1Nc1nccnc1[C@@H]1CCCN(Cc2nccn2C)C1. The molecular formula is C20H25N7. The third-order valence-corrected chi connectivity index (χ3v) is 5.15. The maximum Gasteiger partial charge on any atom is 0.153 e. The Hall–Kier alpha value is -2.80. The molecule has 1 aliphatic rings. The van der Waals surface area contributed by atoms with Gasteiger partial charge in [-0.3, -0.25) is 9.88 Å². The number of anilines is 2. The number of nitrogens with one attached hydrogen (secondary N) is 1. The van der Waals surface area contributed by atoms with Gasteiger partial charge in [-0.15, -0.1) is 0 Å². The molecule has 0 radical (unpaired) electrons. The average Bonchev–Trinajstić information content (AvgIpc) is 3.09. The maximum atomic E-state index is 4.68. The lowest BCUT2D eigenvalue weighted by Gasteiger charge is -2.32. The Balaban J connectivity index is 1.52. The quantitative estimate of drug-likeness (QED) is 0.751. The molecule has 0 spiro atoms. The van der Waals surface area contributed by atoms with Gasteiger partial charge < -0.3 is 9.88 Å². The van der Waals surface area contributed by atoms with Crippen LogP contribution in [-0.2, 0) is 13.6 Å². The monoisotopic (exact) mass is 363 g/mol. The number of pyridine rings is 1. The van der Waals surface area contributed by atoms with Gasteiger partial charge in [-0.2, -0.15) is 0 Å². The van der Waals surface area contributed by atoms with E-state index in [-0.39, 0.29) is 0 Å². The second kappa shape index (κ2) is 7.84. The van der Waals surface area contributed by atoms with Crippen LogP contribution in [-0.4, -0.2) is 42.5 Å². The molecule has 1 aliphatic heterocycles. The van der Waals surface area contributed by atoms with Gasteiger partial charge in [-0.25, -0.2) is 15.0 Å². The highest BCUT2D eigenvalue weighted by Gasteiger charge is 2.26. The first-order valence-electron chi connectivity index (χ1n) is 9.39. The molecule has 0 saturated carbocycles. The molecule has 3 aromatic rings. The van der Waals surface area contributed by atoms with Crippen molar-refractivity contribution in [2.45, 2.75) is 32.2 Å². The highest BCUT2D eigenvalue weighted by Crippen LogP contribution is 2.31. The summed E-state index contributed by atoms with van der Waals surface area (Å²) in [5.74, 6) is 3.08. The van der Waals surface area contributed by atoms with Crippen LogP contribution in [0.25, 0.3) is 0 Å². The minimum Gasteiger partial charge on any atom is -0.337 e. The zero-order valence-electron chi connectivity index (χ0n) is 15.8. The number of nitrogens with zero attached hydrogens (tertiary/aromatic N) is 6. The van der Waals surface area contributed by atoms with Crippen LogP contribution in [0.2, 0.25) is 0 Å². The highest BCUT2D eigenvalue weighted by molar-refractivity contribution is 5.57. The Morgan fingerprint density at radius 1 is 1.07 bits per heavy atom. The molecule has 4 heterocycles. The van der Waals surface area contributed by atoms with Gasteiger partial charge in [0.05, 0.1) is 12.2 Å². The third kappa shape index (κ3) is 3.98.